The molecule has 3 rings (SSSR count). The highest BCUT2D eigenvalue weighted by atomic mass is 79.9. The van der Waals surface area contributed by atoms with E-state index in [9.17, 15) is 9.90 Å². The predicted molar refractivity (Wildman–Crippen MR) is 150 cm³/mol. The van der Waals surface area contributed by atoms with E-state index in [-0.39, 0.29) is 12.1 Å². The maximum Gasteiger partial charge on any atom is 0.306 e. The number of aliphatic hydroxyl groups is 1. The van der Waals surface area contributed by atoms with E-state index in [4.69, 9.17) is 4.74 Å². The Morgan fingerprint density at radius 3 is 2.74 bits per heavy atom. The fourth-order valence-electron chi connectivity index (χ4n) is 7.21. The zero-order valence-corrected chi connectivity index (χ0v) is 24.3. The summed E-state index contributed by atoms with van der Waals surface area (Å²) in [5.41, 5.74) is 3.95. The van der Waals surface area contributed by atoms with E-state index >= 15 is 0 Å². The van der Waals surface area contributed by atoms with Crippen molar-refractivity contribution in [3.63, 3.8) is 0 Å². The average molecular weight is 550 g/mol. The highest BCUT2D eigenvalue weighted by molar-refractivity contribution is 9.09. The molecule has 4 heteroatoms. The van der Waals surface area contributed by atoms with Crippen molar-refractivity contribution in [1.29, 1.82) is 0 Å². The standard InChI is InChI=1S/C31H49BrO3/c1-22-12-15-26(35-29(33)11-8-20-32)21-25(22)14-13-24-10-7-19-31(5)27(16-17-28(24)31)23(2)9-6-18-30(3,4)34/h13-14,23,26-28,34H,1,6-12,15-21H2,2-5H3. The molecule has 3 aliphatic carbocycles. The van der Waals surface area contributed by atoms with Gasteiger partial charge in [0.25, 0.3) is 0 Å². The molecule has 3 saturated carbocycles. The monoisotopic (exact) mass is 548 g/mol. The molecule has 5 atom stereocenters. The van der Waals surface area contributed by atoms with Crippen LogP contribution in [0.4, 0.5) is 0 Å². The molecule has 0 radical (unpaired) electrons. The highest BCUT2D eigenvalue weighted by Crippen LogP contribution is 2.60. The fourth-order valence-corrected chi connectivity index (χ4v) is 7.49. The van der Waals surface area contributed by atoms with Gasteiger partial charge in [-0.25, -0.2) is 0 Å². The lowest BCUT2D eigenvalue weighted by Crippen LogP contribution is -2.36. The van der Waals surface area contributed by atoms with E-state index in [1.807, 2.05) is 13.8 Å². The van der Waals surface area contributed by atoms with E-state index in [0.29, 0.717) is 23.7 Å². The number of esters is 1. The molecule has 5 unspecified atom stereocenters. The van der Waals surface area contributed by atoms with Gasteiger partial charge in [-0.15, -0.1) is 0 Å². The van der Waals surface area contributed by atoms with E-state index in [1.54, 1.807) is 5.57 Å². The number of hydrogen-bond acceptors (Lipinski definition) is 3. The van der Waals surface area contributed by atoms with Crippen LogP contribution in [-0.4, -0.2) is 28.1 Å². The molecule has 198 valence electrons. The molecule has 0 aromatic carbocycles. The smallest absolute Gasteiger partial charge is 0.306 e. The largest absolute Gasteiger partial charge is 0.462 e. The molecular formula is C31H49BrO3. The summed E-state index contributed by atoms with van der Waals surface area (Å²) >= 11 is 3.39. The summed E-state index contributed by atoms with van der Waals surface area (Å²) < 4.78 is 5.76. The minimum Gasteiger partial charge on any atom is -0.462 e. The summed E-state index contributed by atoms with van der Waals surface area (Å²) in [4.78, 5) is 12.1. The SMILES string of the molecule is C=C1CCC(OC(=O)CCCBr)CC1=CC=C1CCCC2(C)C1CCC2C(C)CCCC(C)(C)O. The molecule has 35 heavy (non-hydrogen) atoms. The third-order valence-electron chi connectivity index (χ3n) is 9.15. The molecule has 1 N–H and O–H groups in total. The summed E-state index contributed by atoms with van der Waals surface area (Å²) in [5, 5.41) is 10.9. The number of carbonyl (C=O) groups is 1. The van der Waals surface area contributed by atoms with Gasteiger partial charge < -0.3 is 9.84 Å². The van der Waals surface area contributed by atoms with Gasteiger partial charge in [0.1, 0.15) is 6.10 Å². The average Bonchev–Trinajstić information content (AvgIpc) is 3.14. The first-order valence-corrected chi connectivity index (χ1v) is 15.2. The summed E-state index contributed by atoms with van der Waals surface area (Å²) in [5.74, 6) is 2.10. The second kappa shape index (κ2) is 12.6. The predicted octanol–water partition coefficient (Wildman–Crippen LogP) is 8.46. The maximum atomic E-state index is 12.1. The Bertz CT molecular complexity index is 805. The van der Waals surface area contributed by atoms with Crippen LogP contribution in [0.2, 0.25) is 0 Å². The number of rotatable bonds is 10. The van der Waals surface area contributed by atoms with E-state index < -0.39 is 5.60 Å². The molecule has 0 aromatic heterocycles. The van der Waals surface area contributed by atoms with E-state index in [0.717, 1.165) is 49.8 Å². The molecule has 0 amide bonds. The molecular weight excluding hydrogens is 500 g/mol. The number of alkyl halides is 1. The van der Waals surface area contributed by atoms with Crippen LogP contribution < -0.4 is 0 Å². The van der Waals surface area contributed by atoms with Gasteiger partial charge in [-0.3, -0.25) is 4.79 Å². The van der Waals surface area contributed by atoms with Gasteiger partial charge in [-0.2, -0.15) is 0 Å². The first-order chi connectivity index (χ1) is 16.5. The minimum atomic E-state index is -0.551. The molecule has 0 aliphatic heterocycles. The highest BCUT2D eigenvalue weighted by Gasteiger charge is 2.50. The van der Waals surface area contributed by atoms with Crippen molar-refractivity contribution >= 4 is 21.9 Å². The molecule has 0 heterocycles. The lowest BCUT2D eigenvalue weighted by Gasteiger charge is -2.44. The van der Waals surface area contributed by atoms with Crippen LogP contribution in [0.15, 0.2) is 35.5 Å². The van der Waals surface area contributed by atoms with Crippen LogP contribution >= 0.6 is 15.9 Å². The lowest BCUT2D eigenvalue weighted by molar-refractivity contribution is -0.149. The zero-order chi connectivity index (χ0) is 25.6. The summed E-state index contributed by atoms with van der Waals surface area (Å²) in [7, 11) is 0. The van der Waals surface area contributed by atoms with Crippen LogP contribution in [0.5, 0.6) is 0 Å². The second-order valence-electron chi connectivity index (χ2n) is 12.5. The van der Waals surface area contributed by atoms with Crippen molar-refractivity contribution in [3.05, 3.63) is 35.5 Å². The Labute approximate surface area is 223 Å². The number of ether oxygens (including phenoxy) is 1. The molecule has 3 aliphatic rings. The number of fused-ring (bicyclic) bond motifs is 1. The number of hydrogen-bond donors (Lipinski definition) is 1. The quantitative estimate of drug-likeness (QED) is 0.220. The molecule has 3 fully saturated rings. The van der Waals surface area contributed by atoms with Gasteiger partial charge >= 0.3 is 5.97 Å². The van der Waals surface area contributed by atoms with Crippen molar-refractivity contribution in [2.75, 3.05) is 5.33 Å². The van der Waals surface area contributed by atoms with Crippen molar-refractivity contribution in [3.8, 4) is 0 Å². The van der Waals surface area contributed by atoms with Crippen molar-refractivity contribution < 1.29 is 14.6 Å². The molecule has 0 aromatic rings. The van der Waals surface area contributed by atoms with Gasteiger partial charge in [0.05, 0.1) is 5.60 Å². The summed E-state index contributed by atoms with van der Waals surface area (Å²) in [6.07, 6.45) is 18.3. The van der Waals surface area contributed by atoms with E-state index in [2.05, 4.69) is 48.5 Å². The lowest BCUT2D eigenvalue weighted by atomic mass is 9.60. The van der Waals surface area contributed by atoms with Crippen molar-refractivity contribution in [2.24, 2.45) is 23.2 Å². The van der Waals surface area contributed by atoms with Gasteiger partial charge in [-0.1, -0.05) is 72.5 Å². The van der Waals surface area contributed by atoms with E-state index in [1.165, 1.54) is 49.7 Å². The molecule has 0 saturated heterocycles. The summed E-state index contributed by atoms with van der Waals surface area (Å²) in [6.45, 7) is 13.2. The Hall–Kier alpha value is -0.870. The first kappa shape index (κ1) is 28.7. The van der Waals surface area contributed by atoms with Crippen molar-refractivity contribution in [1.82, 2.24) is 0 Å². The summed E-state index contributed by atoms with van der Waals surface area (Å²) in [6, 6.07) is 0. The fraction of sp³-hybridized carbons (Fsp3) is 0.774. The van der Waals surface area contributed by atoms with Crippen LogP contribution in [0.1, 0.15) is 111 Å². The minimum absolute atomic E-state index is 0.00907. The Balaban J connectivity index is 1.64. The second-order valence-corrected chi connectivity index (χ2v) is 13.3. The molecule has 0 spiro atoms. The third kappa shape index (κ3) is 7.81. The number of halogens is 1. The number of carbonyl (C=O) groups excluding carboxylic acids is 1. The van der Waals surface area contributed by atoms with Gasteiger partial charge in [-0.05, 0) is 100 Å². The first-order valence-electron chi connectivity index (χ1n) is 14.1. The van der Waals surface area contributed by atoms with Crippen LogP contribution in [0.25, 0.3) is 0 Å². The topological polar surface area (TPSA) is 46.5 Å². The maximum absolute atomic E-state index is 12.1. The normalized spacial score (nSPS) is 32.6. The third-order valence-corrected chi connectivity index (χ3v) is 9.71. The number of allylic oxidation sites excluding steroid dienone is 4. The zero-order valence-electron chi connectivity index (χ0n) is 22.7. The molecule has 0 bridgehead atoms. The van der Waals surface area contributed by atoms with Crippen LogP contribution in [0, 0.1) is 23.2 Å². The van der Waals surface area contributed by atoms with Gasteiger partial charge in [0.15, 0.2) is 0 Å². The Morgan fingerprint density at radius 1 is 1.26 bits per heavy atom. The Morgan fingerprint density at radius 2 is 2.03 bits per heavy atom. The van der Waals surface area contributed by atoms with Gasteiger partial charge in [0.2, 0.25) is 0 Å². The van der Waals surface area contributed by atoms with Crippen molar-refractivity contribution in [2.45, 2.75) is 123 Å². The Kier molecular flexibility index (Phi) is 10.3. The van der Waals surface area contributed by atoms with Crippen LogP contribution in [-0.2, 0) is 9.53 Å². The van der Waals surface area contributed by atoms with Gasteiger partial charge in [0, 0.05) is 18.2 Å². The van der Waals surface area contributed by atoms with Crippen LogP contribution in [0.3, 0.4) is 0 Å². The molecule has 3 nitrogen and oxygen atoms in total.